The molecule has 0 fully saturated rings. The highest BCUT2D eigenvalue weighted by Gasteiger charge is 2.32. The maximum Gasteiger partial charge on any atom is 0.173 e. The summed E-state index contributed by atoms with van der Waals surface area (Å²) in [5.74, 6) is 0.861. The molecule has 5 heteroatoms. The van der Waals surface area contributed by atoms with E-state index in [1.54, 1.807) is 6.26 Å². The molecule has 90 valence electrons. The summed E-state index contributed by atoms with van der Waals surface area (Å²) in [6, 6.07) is 5.77. The lowest BCUT2D eigenvalue weighted by atomic mass is 9.84. The lowest BCUT2D eigenvalue weighted by Gasteiger charge is -2.19. The highest BCUT2D eigenvalue weighted by molar-refractivity contribution is 7.18. The van der Waals surface area contributed by atoms with Crippen molar-refractivity contribution in [2.45, 2.75) is 18.8 Å². The number of Topliss-reactive ketones (excluding diaryl/α,β-unsaturated/α-hetero) is 1. The fourth-order valence-electron chi connectivity index (χ4n) is 2.39. The van der Waals surface area contributed by atoms with E-state index < -0.39 is 0 Å². The van der Waals surface area contributed by atoms with Crippen LogP contribution in [-0.4, -0.2) is 5.78 Å². The van der Waals surface area contributed by atoms with Crippen molar-refractivity contribution in [1.29, 1.82) is 5.26 Å². The summed E-state index contributed by atoms with van der Waals surface area (Å²) in [5, 5.41) is 9.55. The van der Waals surface area contributed by atoms with Gasteiger partial charge in [0.25, 0.3) is 0 Å². The molecule has 0 amide bonds. The minimum absolute atomic E-state index is 0.0149. The molecule has 0 radical (unpaired) electrons. The van der Waals surface area contributed by atoms with Crippen LogP contribution in [0.3, 0.4) is 0 Å². The molecule has 1 unspecified atom stereocenters. The molecular formula is C13H10N2O2S. The number of anilines is 1. The van der Waals surface area contributed by atoms with Crippen molar-refractivity contribution in [2.75, 3.05) is 5.73 Å². The number of furan rings is 1. The third-order valence-electron chi connectivity index (χ3n) is 3.23. The zero-order valence-corrected chi connectivity index (χ0v) is 10.3. The van der Waals surface area contributed by atoms with E-state index in [0.29, 0.717) is 28.3 Å². The molecular weight excluding hydrogens is 248 g/mol. The maximum absolute atomic E-state index is 12.1. The van der Waals surface area contributed by atoms with Crippen LogP contribution in [0.25, 0.3) is 0 Å². The Morgan fingerprint density at radius 1 is 1.50 bits per heavy atom. The summed E-state index contributed by atoms with van der Waals surface area (Å²) < 4.78 is 5.35. The Labute approximate surface area is 108 Å². The normalized spacial score (nSPS) is 18.4. The van der Waals surface area contributed by atoms with Gasteiger partial charge in [-0.15, -0.1) is 11.3 Å². The summed E-state index contributed by atoms with van der Waals surface area (Å²) in [4.78, 5) is 12.7. The highest BCUT2D eigenvalue weighted by atomic mass is 32.1. The van der Waals surface area contributed by atoms with Gasteiger partial charge in [-0.3, -0.25) is 4.79 Å². The van der Waals surface area contributed by atoms with Crippen LogP contribution in [0.5, 0.6) is 0 Å². The Kier molecular flexibility index (Phi) is 2.46. The van der Waals surface area contributed by atoms with Gasteiger partial charge >= 0.3 is 0 Å². The number of rotatable bonds is 1. The summed E-state index contributed by atoms with van der Waals surface area (Å²) in [6.45, 7) is 0. The van der Waals surface area contributed by atoms with Crippen molar-refractivity contribution < 1.29 is 9.21 Å². The number of nitrogen functional groups attached to an aromatic ring is 1. The van der Waals surface area contributed by atoms with E-state index >= 15 is 0 Å². The summed E-state index contributed by atoms with van der Waals surface area (Å²) >= 11 is 1.22. The van der Waals surface area contributed by atoms with E-state index in [2.05, 4.69) is 6.07 Å². The predicted octanol–water partition coefficient (Wildman–Crippen LogP) is 2.71. The van der Waals surface area contributed by atoms with Gasteiger partial charge in [0.05, 0.1) is 16.7 Å². The molecule has 2 N–H and O–H groups in total. The number of ketones is 1. The molecule has 1 atom stereocenters. The maximum atomic E-state index is 12.1. The zero-order chi connectivity index (χ0) is 12.7. The number of carbonyl (C=O) groups is 1. The largest absolute Gasteiger partial charge is 0.469 e. The quantitative estimate of drug-likeness (QED) is 0.852. The number of hydrogen-bond donors (Lipinski definition) is 1. The lowest BCUT2D eigenvalue weighted by molar-refractivity contribution is 0.0964. The molecule has 3 rings (SSSR count). The SMILES string of the molecule is N#Cc1c(N)sc2c1CC(c1ccco1)CC2=O. The van der Waals surface area contributed by atoms with Crippen LogP contribution in [0.2, 0.25) is 0 Å². The van der Waals surface area contributed by atoms with Crippen molar-refractivity contribution in [2.24, 2.45) is 0 Å². The van der Waals surface area contributed by atoms with Crippen LogP contribution in [0, 0.1) is 11.3 Å². The number of fused-ring (bicyclic) bond motifs is 1. The van der Waals surface area contributed by atoms with Crippen molar-refractivity contribution >= 4 is 22.1 Å². The van der Waals surface area contributed by atoms with Gasteiger partial charge < -0.3 is 10.2 Å². The lowest BCUT2D eigenvalue weighted by Crippen LogP contribution is -2.17. The van der Waals surface area contributed by atoms with Crippen LogP contribution >= 0.6 is 11.3 Å². The molecule has 2 aromatic rings. The van der Waals surface area contributed by atoms with E-state index in [-0.39, 0.29) is 11.7 Å². The third-order valence-corrected chi connectivity index (χ3v) is 4.33. The number of nitriles is 1. The molecule has 0 aliphatic heterocycles. The summed E-state index contributed by atoms with van der Waals surface area (Å²) in [7, 11) is 0. The summed E-state index contributed by atoms with van der Waals surface area (Å²) in [6.07, 6.45) is 2.67. The molecule has 1 aliphatic rings. The van der Waals surface area contributed by atoms with Crippen LogP contribution in [0.15, 0.2) is 22.8 Å². The minimum atomic E-state index is 0.0149. The van der Waals surface area contributed by atoms with Crippen molar-refractivity contribution in [3.05, 3.63) is 40.2 Å². The van der Waals surface area contributed by atoms with Gasteiger partial charge in [0, 0.05) is 12.3 Å². The Morgan fingerprint density at radius 2 is 2.33 bits per heavy atom. The first-order valence-electron chi connectivity index (χ1n) is 5.58. The van der Waals surface area contributed by atoms with Gasteiger partial charge in [-0.2, -0.15) is 5.26 Å². The fraction of sp³-hybridized carbons (Fsp3) is 0.231. The topological polar surface area (TPSA) is 80.0 Å². The van der Waals surface area contributed by atoms with Crippen LogP contribution in [0.4, 0.5) is 5.00 Å². The highest BCUT2D eigenvalue weighted by Crippen LogP contribution is 2.40. The van der Waals surface area contributed by atoms with Crippen molar-refractivity contribution in [1.82, 2.24) is 0 Å². The number of nitrogens with zero attached hydrogens (tertiary/aromatic N) is 1. The number of thiophene rings is 1. The van der Waals surface area contributed by atoms with E-state index in [4.69, 9.17) is 15.4 Å². The molecule has 1 aliphatic carbocycles. The minimum Gasteiger partial charge on any atom is -0.469 e. The van der Waals surface area contributed by atoms with Crippen LogP contribution in [0.1, 0.15) is 38.9 Å². The van der Waals surface area contributed by atoms with E-state index in [1.165, 1.54) is 11.3 Å². The van der Waals surface area contributed by atoms with Crippen molar-refractivity contribution in [3.8, 4) is 6.07 Å². The Balaban J connectivity index is 2.06. The average Bonchev–Trinajstić information content (AvgIpc) is 2.95. The fourth-order valence-corrected chi connectivity index (χ4v) is 3.38. The third kappa shape index (κ3) is 1.54. The van der Waals surface area contributed by atoms with Gasteiger partial charge in [-0.05, 0) is 24.1 Å². The molecule has 0 spiro atoms. The predicted molar refractivity (Wildman–Crippen MR) is 67.5 cm³/mol. The second kappa shape index (κ2) is 4.00. The van der Waals surface area contributed by atoms with E-state index in [1.807, 2.05) is 12.1 Å². The molecule has 2 heterocycles. The first-order chi connectivity index (χ1) is 8.70. The van der Waals surface area contributed by atoms with Gasteiger partial charge in [0.15, 0.2) is 5.78 Å². The van der Waals surface area contributed by atoms with Gasteiger partial charge in [-0.1, -0.05) is 0 Å². The molecule has 2 aromatic heterocycles. The molecule has 0 bridgehead atoms. The monoisotopic (exact) mass is 258 g/mol. The van der Waals surface area contributed by atoms with Crippen molar-refractivity contribution in [3.63, 3.8) is 0 Å². The zero-order valence-electron chi connectivity index (χ0n) is 9.47. The number of nitrogens with two attached hydrogens (primary N) is 1. The van der Waals surface area contributed by atoms with Crippen LogP contribution in [-0.2, 0) is 6.42 Å². The second-order valence-corrected chi connectivity index (χ2v) is 5.36. The van der Waals surface area contributed by atoms with Gasteiger partial charge in [0.1, 0.15) is 16.8 Å². The molecule has 0 saturated carbocycles. The standard InChI is InChI=1S/C13H10N2O2S/c14-6-9-8-4-7(11-2-1-3-17-11)5-10(16)12(8)18-13(9)15/h1-3,7H,4-5,15H2. The Bertz CT molecular complexity index is 649. The molecule has 0 saturated heterocycles. The van der Waals surface area contributed by atoms with Crippen LogP contribution < -0.4 is 5.73 Å². The van der Waals surface area contributed by atoms with Gasteiger partial charge in [0.2, 0.25) is 0 Å². The second-order valence-electron chi connectivity index (χ2n) is 4.30. The molecule has 18 heavy (non-hydrogen) atoms. The van der Waals surface area contributed by atoms with E-state index in [0.717, 1.165) is 11.3 Å². The summed E-state index contributed by atoms with van der Waals surface area (Å²) in [5.41, 5.74) is 7.03. The Hall–Kier alpha value is -2.06. The Morgan fingerprint density at radius 3 is 3.00 bits per heavy atom. The number of hydrogen-bond acceptors (Lipinski definition) is 5. The van der Waals surface area contributed by atoms with Gasteiger partial charge in [-0.25, -0.2) is 0 Å². The first-order valence-corrected chi connectivity index (χ1v) is 6.40. The number of carbonyl (C=O) groups excluding carboxylic acids is 1. The van der Waals surface area contributed by atoms with E-state index in [9.17, 15) is 4.79 Å². The average molecular weight is 258 g/mol. The molecule has 0 aromatic carbocycles. The smallest absolute Gasteiger partial charge is 0.173 e. The first kappa shape index (κ1) is 11.1. The molecule has 4 nitrogen and oxygen atoms in total.